The van der Waals surface area contributed by atoms with Gasteiger partial charge in [0.1, 0.15) is 5.82 Å². The molecule has 0 aliphatic carbocycles. The highest BCUT2D eigenvalue weighted by Gasteiger charge is 2.40. The Morgan fingerprint density at radius 1 is 1.09 bits per heavy atom. The highest BCUT2D eigenvalue weighted by Crippen LogP contribution is 2.35. The highest BCUT2D eigenvalue weighted by atomic mass is 35.5. The second-order valence-electron chi connectivity index (χ2n) is 9.83. The van der Waals surface area contributed by atoms with E-state index in [9.17, 15) is 17.6 Å². The van der Waals surface area contributed by atoms with Crippen molar-refractivity contribution in [1.82, 2.24) is 10.2 Å². The Labute approximate surface area is 202 Å². The van der Waals surface area contributed by atoms with Gasteiger partial charge >= 0.3 is 6.18 Å². The molecule has 3 rings (SSSR count). The number of hydrogen-bond donors (Lipinski definition) is 2. The molecule has 0 spiro atoms. The van der Waals surface area contributed by atoms with Gasteiger partial charge in [-0.3, -0.25) is 0 Å². The quantitative estimate of drug-likeness (QED) is 0.348. The molecule has 33 heavy (non-hydrogen) atoms. The van der Waals surface area contributed by atoms with Gasteiger partial charge in [0.15, 0.2) is 5.11 Å². The maximum Gasteiger partial charge on any atom is 0.416 e. The summed E-state index contributed by atoms with van der Waals surface area (Å²) in [6, 6.07) is 9.37. The molecule has 0 amide bonds. The number of anilines is 1. The van der Waals surface area contributed by atoms with Crippen molar-refractivity contribution in [3.05, 3.63) is 64.4 Å². The number of halogens is 5. The summed E-state index contributed by atoms with van der Waals surface area (Å²) in [4.78, 5) is 2.01. The van der Waals surface area contributed by atoms with Gasteiger partial charge in [-0.1, -0.05) is 23.7 Å². The molecule has 0 bridgehead atoms. The van der Waals surface area contributed by atoms with Gasteiger partial charge in [-0.15, -0.1) is 0 Å². The molecule has 0 saturated carbocycles. The maximum atomic E-state index is 13.4. The molecule has 9 heteroatoms. The molecule has 1 aliphatic rings. The average Bonchev–Trinajstić information content (AvgIpc) is 2.65. The predicted molar refractivity (Wildman–Crippen MR) is 129 cm³/mol. The summed E-state index contributed by atoms with van der Waals surface area (Å²) in [7, 11) is 0. The van der Waals surface area contributed by atoms with Crippen LogP contribution in [-0.4, -0.2) is 27.1 Å². The molecule has 180 valence electrons. The molecule has 1 heterocycles. The van der Waals surface area contributed by atoms with Gasteiger partial charge in [0, 0.05) is 23.7 Å². The van der Waals surface area contributed by atoms with Crippen molar-refractivity contribution in [3.63, 3.8) is 0 Å². The van der Waals surface area contributed by atoms with Crippen LogP contribution < -0.4 is 10.6 Å². The van der Waals surface area contributed by atoms with Crippen molar-refractivity contribution in [2.24, 2.45) is 0 Å². The SMILES string of the molecule is CC1(C)CC(N(Cc2ccc(F)cc2)C(=S)Nc2ccc(C(F)(F)F)cc2Cl)CC(C)(C)N1. The molecular weight excluding hydrogens is 474 g/mol. The molecule has 0 aromatic heterocycles. The lowest BCUT2D eigenvalue weighted by Crippen LogP contribution is -2.63. The Kier molecular flexibility index (Phi) is 7.32. The summed E-state index contributed by atoms with van der Waals surface area (Å²) in [5, 5.41) is 6.95. The summed E-state index contributed by atoms with van der Waals surface area (Å²) >= 11 is 11.9. The van der Waals surface area contributed by atoms with E-state index in [2.05, 4.69) is 38.3 Å². The lowest BCUT2D eigenvalue weighted by molar-refractivity contribution is -0.137. The minimum Gasteiger partial charge on any atom is -0.342 e. The zero-order valence-electron chi connectivity index (χ0n) is 19.0. The van der Waals surface area contributed by atoms with Crippen LogP contribution in [-0.2, 0) is 12.7 Å². The fraction of sp³-hybridized carbons (Fsp3) is 0.458. The fourth-order valence-electron chi connectivity index (χ4n) is 4.62. The number of thiocarbonyl (C=S) groups is 1. The normalized spacial score (nSPS) is 18.1. The van der Waals surface area contributed by atoms with Crippen molar-refractivity contribution in [2.75, 3.05) is 5.32 Å². The molecule has 1 fully saturated rings. The number of benzene rings is 2. The van der Waals surface area contributed by atoms with Crippen LogP contribution in [0.3, 0.4) is 0 Å². The van der Waals surface area contributed by atoms with Gasteiger partial charge < -0.3 is 15.5 Å². The summed E-state index contributed by atoms with van der Waals surface area (Å²) in [5.41, 5.74) is 0.0258. The first-order chi connectivity index (χ1) is 15.2. The number of alkyl halides is 3. The summed E-state index contributed by atoms with van der Waals surface area (Å²) in [5.74, 6) is -0.327. The summed E-state index contributed by atoms with van der Waals surface area (Å²) in [6.45, 7) is 8.92. The number of nitrogens with zero attached hydrogens (tertiary/aromatic N) is 1. The number of hydrogen-bond acceptors (Lipinski definition) is 2. The van der Waals surface area contributed by atoms with Crippen molar-refractivity contribution in [1.29, 1.82) is 0 Å². The van der Waals surface area contributed by atoms with E-state index in [0.29, 0.717) is 17.3 Å². The van der Waals surface area contributed by atoms with E-state index in [-0.39, 0.29) is 28.0 Å². The molecule has 3 nitrogen and oxygen atoms in total. The van der Waals surface area contributed by atoms with E-state index >= 15 is 0 Å². The first-order valence-electron chi connectivity index (χ1n) is 10.6. The zero-order chi connectivity index (χ0) is 24.6. The lowest BCUT2D eigenvalue weighted by Gasteiger charge is -2.50. The molecule has 1 aliphatic heterocycles. The molecule has 0 radical (unpaired) electrons. The van der Waals surface area contributed by atoms with Gasteiger partial charge in [0.25, 0.3) is 0 Å². The highest BCUT2D eigenvalue weighted by molar-refractivity contribution is 7.80. The minimum atomic E-state index is -4.48. The Bertz CT molecular complexity index is 990. The molecule has 2 N–H and O–H groups in total. The van der Waals surface area contributed by atoms with Crippen LogP contribution in [0.25, 0.3) is 0 Å². The molecule has 0 atom stereocenters. The van der Waals surface area contributed by atoms with Crippen LogP contribution in [0.1, 0.15) is 51.7 Å². The first kappa shape index (κ1) is 25.7. The summed E-state index contributed by atoms with van der Waals surface area (Å²) < 4.78 is 52.4. The fourth-order valence-corrected chi connectivity index (χ4v) is 5.17. The Morgan fingerprint density at radius 3 is 2.18 bits per heavy atom. The van der Waals surface area contributed by atoms with Crippen LogP contribution in [0, 0.1) is 5.82 Å². The van der Waals surface area contributed by atoms with E-state index in [1.54, 1.807) is 12.1 Å². The Balaban J connectivity index is 1.90. The van der Waals surface area contributed by atoms with Gasteiger partial charge in [-0.05, 0) is 88.6 Å². The zero-order valence-corrected chi connectivity index (χ0v) is 20.6. The number of rotatable bonds is 4. The third-order valence-electron chi connectivity index (χ3n) is 5.67. The van der Waals surface area contributed by atoms with Gasteiger partial charge in [0.2, 0.25) is 0 Å². The third kappa shape index (κ3) is 6.80. The first-order valence-corrected chi connectivity index (χ1v) is 11.4. The molecule has 2 aromatic carbocycles. The van der Waals surface area contributed by atoms with Crippen LogP contribution in [0.2, 0.25) is 5.02 Å². The predicted octanol–water partition coefficient (Wildman–Crippen LogP) is 7.01. The van der Waals surface area contributed by atoms with E-state index in [4.69, 9.17) is 23.8 Å². The van der Waals surface area contributed by atoms with Gasteiger partial charge in [-0.25, -0.2) is 4.39 Å². The van der Waals surface area contributed by atoms with Crippen LogP contribution in [0.5, 0.6) is 0 Å². The van der Waals surface area contributed by atoms with Crippen LogP contribution >= 0.6 is 23.8 Å². The molecular formula is C24H28ClF4N3S. The van der Waals surface area contributed by atoms with Crippen LogP contribution in [0.4, 0.5) is 23.2 Å². The van der Waals surface area contributed by atoms with Crippen molar-refractivity contribution in [3.8, 4) is 0 Å². The number of piperidine rings is 1. The third-order valence-corrected chi connectivity index (χ3v) is 6.32. The second-order valence-corrected chi connectivity index (χ2v) is 10.6. The Morgan fingerprint density at radius 2 is 1.67 bits per heavy atom. The van der Waals surface area contributed by atoms with E-state index < -0.39 is 11.7 Å². The smallest absolute Gasteiger partial charge is 0.342 e. The van der Waals surface area contributed by atoms with Gasteiger partial charge in [-0.2, -0.15) is 13.2 Å². The molecule has 0 unspecified atom stereocenters. The average molecular weight is 502 g/mol. The lowest BCUT2D eigenvalue weighted by atomic mass is 9.79. The van der Waals surface area contributed by atoms with Crippen LogP contribution in [0.15, 0.2) is 42.5 Å². The minimum absolute atomic E-state index is 0.0366. The monoisotopic (exact) mass is 501 g/mol. The van der Waals surface area contributed by atoms with E-state index in [1.807, 2.05) is 4.90 Å². The second kappa shape index (κ2) is 9.39. The van der Waals surface area contributed by atoms with E-state index in [0.717, 1.165) is 30.5 Å². The van der Waals surface area contributed by atoms with Crippen molar-refractivity contribution < 1.29 is 17.6 Å². The molecule has 2 aromatic rings. The maximum absolute atomic E-state index is 13.4. The van der Waals surface area contributed by atoms with Crippen molar-refractivity contribution >= 4 is 34.6 Å². The van der Waals surface area contributed by atoms with Crippen molar-refractivity contribution in [2.45, 2.75) is 70.4 Å². The molecule has 1 saturated heterocycles. The van der Waals surface area contributed by atoms with Gasteiger partial charge in [0.05, 0.1) is 16.3 Å². The number of nitrogens with one attached hydrogen (secondary N) is 2. The van der Waals surface area contributed by atoms with E-state index in [1.165, 1.54) is 18.2 Å². The standard InChI is InChI=1S/C24H28ClF4N3S/c1-22(2)12-18(13-23(3,4)31-22)32(14-15-5-8-17(26)9-6-15)21(33)30-20-10-7-16(11-19(20)25)24(27,28)29/h5-11,18,31H,12-14H2,1-4H3,(H,30,33). The summed E-state index contributed by atoms with van der Waals surface area (Å²) in [6.07, 6.45) is -2.90. The topological polar surface area (TPSA) is 27.3 Å². The largest absolute Gasteiger partial charge is 0.416 e. The Hall–Kier alpha value is -1.90.